The first-order valence-corrected chi connectivity index (χ1v) is 7.78. The van der Waals surface area contributed by atoms with E-state index in [0.717, 1.165) is 16.7 Å². The number of amides is 1. The zero-order chi connectivity index (χ0) is 16.9. The molecule has 0 aliphatic carbocycles. The first kappa shape index (κ1) is 16.1. The maximum Gasteiger partial charge on any atom is 0.244 e. The minimum atomic E-state index is -0.172. The van der Waals surface area contributed by atoms with Gasteiger partial charge in [0.25, 0.3) is 0 Å². The van der Waals surface area contributed by atoms with E-state index in [-0.39, 0.29) is 11.9 Å². The van der Waals surface area contributed by atoms with Gasteiger partial charge in [-0.15, -0.1) is 0 Å². The van der Waals surface area contributed by atoms with Crippen molar-refractivity contribution in [1.29, 1.82) is 0 Å². The number of fused-ring (bicyclic) bond motifs is 1. The lowest BCUT2D eigenvalue weighted by atomic mass is 10.2. The van der Waals surface area contributed by atoms with Crippen molar-refractivity contribution in [1.82, 2.24) is 10.2 Å². The van der Waals surface area contributed by atoms with Gasteiger partial charge < -0.3 is 14.2 Å². The molecular formula is C19H20N2O3. The third kappa shape index (κ3) is 3.75. The summed E-state index contributed by atoms with van der Waals surface area (Å²) in [6.45, 7) is 0.462. The van der Waals surface area contributed by atoms with E-state index < -0.39 is 0 Å². The lowest BCUT2D eigenvalue weighted by molar-refractivity contribution is -0.116. The zero-order valence-electron chi connectivity index (χ0n) is 13.7. The Hall–Kier alpha value is -2.79. The summed E-state index contributed by atoms with van der Waals surface area (Å²) in [6.07, 6.45) is 4.79. The fourth-order valence-electron chi connectivity index (χ4n) is 2.52. The quantitative estimate of drug-likeness (QED) is 0.706. The van der Waals surface area contributed by atoms with E-state index in [2.05, 4.69) is 5.32 Å². The summed E-state index contributed by atoms with van der Waals surface area (Å²) in [7, 11) is 3.90. The van der Waals surface area contributed by atoms with E-state index >= 15 is 0 Å². The summed E-state index contributed by atoms with van der Waals surface area (Å²) in [5.74, 6) is 1.30. The van der Waals surface area contributed by atoms with Crippen LogP contribution in [0.1, 0.15) is 17.6 Å². The Morgan fingerprint density at radius 2 is 2.08 bits per heavy atom. The Bertz CT molecular complexity index is 798. The Kier molecular flexibility index (Phi) is 4.82. The maximum atomic E-state index is 12.0. The molecule has 2 heterocycles. The molecule has 0 fully saturated rings. The van der Waals surface area contributed by atoms with Crippen molar-refractivity contribution in [3.8, 4) is 0 Å². The lowest BCUT2D eigenvalue weighted by Gasteiger charge is -2.22. The van der Waals surface area contributed by atoms with Gasteiger partial charge >= 0.3 is 0 Å². The summed E-state index contributed by atoms with van der Waals surface area (Å²) >= 11 is 0. The van der Waals surface area contributed by atoms with Crippen LogP contribution < -0.4 is 5.32 Å². The molecular weight excluding hydrogens is 304 g/mol. The Labute approximate surface area is 140 Å². The van der Waals surface area contributed by atoms with Crippen LogP contribution in [0, 0.1) is 0 Å². The predicted octanol–water partition coefficient (Wildman–Crippen LogP) is 3.46. The molecule has 2 aromatic heterocycles. The van der Waals surface area contributed by atoms with Crippen LogP contribution in [0.25, 0.3) is 17.0 Å². The molecule has 1 unspecified atom stereocenters. The van der Waals surface area contributed by atoms with Crippen molar-refractivity contribution in [2.24, 2.45) is 0 Å². The second kappa shape index (κ2) is 7.19. The van der Waals surface area contributed by atoms with E-state index in [9.17, 15) is 4.79 Å². The van der Waals surface area contributed by atoms with Crippen molar-refractivity contribution in [3.05, 3.63) is 66.3 Å². The van der Waals surface area contributed by atoms with Gasteiger partial charge in [0.05, 0.1) is 12.3 Å². The molecule has 0 aliphatic heterocycles. The van der Waals surface area contributed by atoms with Crippen LogP contribution >= 0.6 is 0 Å². The molecule has 0 spiro atoms. The first-order chi connectivity index (χ1) is 11.6. The molecule has 24 heavy (non-hydrogen) atoms. The molecule has 1 amide bonds. The number of hydrogen-bond acceptors (Lipinski definition) is 4. The van der Waals surface area contributed by atoms with Gasteiger partial charge in [-0.25, -0.2) is 0 Å². The maximum absolute atomic E-state index is 12.0. The molecule has 5 heteroatoms. The van der Waals surface area contributed by atoms with Crippen molar-refractivity contribution < 1.29 is 13.6 Å². The second-order valence-corrected chi connectivity index (χ2v) is 5.76. The van der Waals surface area contributed by atoms with Crippen LogP contribution in [0.2, 0.25) is 0 Å². The van der Waals surface area contributed by atoms with Crippen LogP contribution in [0.15, 0.2) is 63.6 Å². The standard InChI is InChI=1S/C19H20N2O3/c1-21(2)16(18-8-5-11-23-18)13-20-19(22)10-9-15-12-14-6-3-4-7-17(14)24-15/h3-12,16H,13H2,1-2H3,(H,20,22)/b10-9+. The molecule has 5 nitrogen and oxygen atoms in total. The molecule has 124 valence electrons. The average molecular weight is 324 g/mol. The normalized spacial score (nSPS) is 13.0. The van der Waals surface area contributed by atoms with Crippen molar-refractivity contribution >= 4 is 23.0 Å². The monoisotopic (exact) mass is 324 g/mol. The molecule has 1 aromatic carbocycles. The summed E-state index contributed by atoms with van der Waals surface area (Å²) < 4.78 is 11.1. The third-order valence-electron chi connectivity index (χ3n) is 3.81. The number of carbonyl (C=O) groups excluding carboxylic acids is 1. The minimum Gasteiger partial charge on any atom is -0.468 e. The molecule has 0 bridgehead atoms. The summed E-state index contributed by atoms with van der Waals surface area (Å²) in [5.41, 5.74) is 0.808. The summed E-state index contributed by atoms with van der Waals surface area (Å²) in [5, 5.41) is 3.90. The average Bonchev–Trinajstić information content (AvgIpc) is 3.22. The second-order valence-electron chi connectivity index (χ2n) is 5.76. The molecule has 0 saturated carbocycles. The van der Waals surface area contributed by atoms with Crippen molar-refractivity contribution in [2.45, 2.75) is 6.04 Å². The minimum absolute atomic E-state index is 0.0106. The highest BCUT2D eigenvalue weighted by Gasteiger charge is 2.17. The van der Waals surface area contributed by atoms with Gasteiger partial charge in [0.2, 0.25) is 5.91 Å². The number of nitrogens with one attached hydrogen (secondary N) is 1. The number of rotatable bonds is 6. The fraction of sp³-hybridized carbons (Fsp3) is 0.211. The van der Waals surface area contributed by atoms with Gasteiger partial charge in [0, 0.05) is 18.0 Å². The summed E-state index contributed by atoms with van der Waals surface area (Å²) in [6, 6.07) is 13.4. The zero-order valence-corrected chi connectivity index (χ0v) is 13.7. The molecule has 1 atom stereocenters. The van der Waals surface area contributed by atoms with Crippen molar-refractivity contribution in [2.75, 3.05) is 20.6 Å². The molecule has 0 saturated heterocycles. The van der Waals surface area contributed by atoms with Crippen LogP contribution in [-0.2, 0) is 4.79 Å². The smallest absolute Gasteiger partial charge is 0.244 e. The van der Waals surface area contributed by atoms with Gasteiger partial charge in [-0.1, -0.05) is 18.2 Å². The van der Waals surface area contributed by atoms with E-state index in [1.807, 2.05) is 61.5 Å². The number of furan rings is 2. The van der Waals surface area contributed by atoms with E-state index in [0.29, 0.717) is 12.3 Å². The van der Waals surface area contributed by atoms with E-state index in [1.165, 1.54) is 6.08 Å². The molecule has 3 rings (SSSR count). The number of carbonyl (C=O) groups is 1. The fourth-order valence-corrected chi connectivity index (χ4v) is 2.52. The van der Waals surface area contributed by atoms with Crippen LogP contribution in [-0.4, -0.2) is 31.4 Å². The molecule has 1 N–H and O–H groups in total. The first-order valence-electron chi connectivity index (χ1n) is 7.78. The number of nitrogens with zero attached hydrogens (tertiary/aromatic N) is 1. The van der Waals surface area contributed by atoms with Crippen LogP contribution in [0.5, 0.6) is 0 Å². The van der Waals surface area contributed by atoms with Crippen LogP contribution in [0.4, 0.5) is 0 Å². The Morgan fingerprint density at radius 1 is 1.25 bits per heavy atom. The van der Waals surface area contributed by atoms with Gasteiger partial charge in [-0.3, -0.25) is 9.69 Å². The van der Waals surface area contributed by atoms with Gasteiger partial charge in [0.1, 0.15) is 17.1 Å². The lowest BCUT2D eigenvalue weighted by Crippen LogP contribution is -2.33. The molecule has 0 radical (unpaired) electrons. The highest BCUT2D eigenvalue weighted by Crippen LogP contribution is 2.20. The Balaban J connectivity index is 1.60. The van der Waals surface area contributed by atoms with Gasteiger partial charge in [-0.05, 0) is 44.4 Å². The molecule has 0 aliphatic rings. The highest BCUT2D eigenvalue weighted by molar-refractivity contribution is 5.92. The predicted molar refractivity (Wildman–Crippen MR) is 93.4 cm³/mol. The number of para-hydroxylation sites is 1. The van der Waals surface area contributed by atoms with E-state index in [1.54, 1.807) is 12.3 Å². The largest absolute Gasteiger partial charge is 0.468 e. The number of benzene rings is 1. The topological polar surface area (TPSA) is 58.6 Å². The van der Waals surface area contributed by atoms with E-state index in [4.69, 9.17) is 8.83 Å². The Morgan fingerprint density at radius 3 is 2.79 bits per heavy atom. The van der Waals surface area contributed by atoms with Crippen molar-refractivity contribution in [3.63, 3.8) is 0 Å². The van der Waals surface area contributed by atoms with Gasteiger partial charge in [0.15, 0.2) is 0 Å². The molecule has 3 aromatic rings. The number of hydrogen-bond donors (Lipinski definition) is 1. The SMILES string of the molecule is CN(C)C(CNC(=O)/C=C/c1cc2ccccc2o1)c1ccco1. The van der Waals surface area contributed by atoms with Gasteiger partial charge in [-0.2, -0.15) is 0 Å². The van der Waals surface area contributed by atoms with Crippen LogP contribution in [0.3, 0.4) is 0 Å². The third-order valence-corrected chi connectivity index (χ3v) is 3.81. The summed E-state index contributed by atoms with van der Waals surface area (Å²) in [4.78, 5) is 14.0. The highest BCUT2D eigenvalue weighted by atomic mass is 16.3. The number of likely N-dealkylation sites (N-methyl/N-ethyl adjacent to an activating group) is 1.